The summed E-state index contributed by atoms with van der Waals surface area (Å²) < 4.78 is 6.10. The number of piperidine rings is 2. The Bertz CT molecular complexity index is 1310. The van der Waals surface area contributed by atoms with Crippen LogP contribution in [-0.2, 0) is 4.74 Å². The van der Waals surface area contributed by atoms with Gasteiger partial charge >= 0.3 is 0 Å². The lowest BCUT2D eigenvalue weighted by molar-refractivity contribution is 0.145. The van der Waals surface area contributed by atoms with Gasteiger partial charge in [-0.1, -0.05) is 0 Å². The van der Waals surface area contributed by atoms with Gasteiger partial charge < -0.3 is 24.7 Å². The van der Waals surface area contributed by atoms with Gasteiger partial charge in [-0.2, -0.15) is 10.5 Å². The molecular weight excluding hydrogens is 528 g/mol. The number of anilines is 2. The monoisotopic (exact) mass is 558 g/mol. The number of allylic oxidation sites excluding steroid dienone is 6. The van der Waals surface area contributed by atoms with E-state index in [4.69, 9.17) is 4.74 Å². The van der Waals surface area contributed by atoms with Gasteiger partial charge in [0.25, 0.3) is 0 Å². The van der Waals surface area contributed by atoms with Gasteiger partial charge in [-0.05, 0) is 86.4 Å². The third-order valence-electron chi connectivity index (χ3n) is 6.94. The molecule has 2 aromatic heterocycles. The molecule has 2 fully saturated rings. The fourth-order valence-corrected chi connectivity index (χ4v) is 6.63. The van der Waals surface area contributed by atoms with Gasteiger partial charge in [-0.25, -0.2) is 0 Å². The predicted molar refractivity (Wildman–Crippen MR) is 157 cm³/mol. The van der Waals surface area contributed by atoms with Crippen molar-refractivity contribution in [2.75, 3.05) is 36.0 Å². The van der Waals surface area contributed by atoms with Gasteiger partial charge in [0.15, 0.2) is 0 Å². The van der Waals surface area contributed by atoms with Crippen LogP contribution in [-0.4, -0.2) is 48.6 Å². The second-order valence-electron chi connectivity index (χ2n) is 9.70. The third kappa shape index (κ3) is 6.89. The molecule has 2 saturated heterocycles. The van der Waals surface area contributed by atoms with E-state index in [1.54, 1.807) is 34.8 Å². The molecule has 39 heavy (non-hydrogen) atoms. The van der Waals surface area contributed by atoms with Crippen LogP contribution in [0.1, 0.15) is 35.4 Å². The van der Waals surface area contributed by atoms with E-state index in [0.29, 0.717) is 17.1 Å². The van der Waals surface area contributed by atoms with Crippen LogP contribution in [0.4, 0.5) is 10.0 Å². The summed E-state index contributed by atoms with van der Waals surface area (Å²) in [5.74, 6) is 1.09. The molecule has 2 N–H and O–H groups in total. The fraction of sp³-hybridized carbons (Fsp3) is 0.333. The summed E-state index contributed by atoms with van der Waals surface area (Å²) in [4.78, 5) is 6.73. The number of aliphatic hydroxyl groups excluding tert-OH is 2. The highest BCUT2D eigenvalue weighted by molar-refractivity contribution is 7.17. The highest BCUT2D eigenvalue weighted by Gasteiger charge is 2.19. The molecule has 0 aliphatic carbocycles. The van der Waals surface area contributed by atoms with Crippen LogP contribution in [0.15, 0.2) is 71.2 Å². The molecule has 0 unspecified atom stereocenters. The number of aliphatic hydroxyl groups is 2. The first kappa shape index (κ1) is 27.0. The number of ether oxygens (including phenoxy) is 1. The van der Waals surface area contributed by atoms with Crippen molar-refractivity contribution in [1.82, 2.24) is 0 Å². The molecule has 2 aromatic rings. The van der Waals surface area contributed by atoms with Gasteiger partial charge in [0, 0.05) is 41.5 Å². The van der Waals surface area contributed by atoms with Gasteiger partial charge in [0.05, 0.1) is 22.2 Å². The molecule has 0 bridgehead atoms. The Kier molecular flexibility index (Phi) is 8.65. The van der Waals surface area contributed by atoms with Gasteiger partial charge in [-0.3, -0.25) is 0 Å². The second kappa shape index (κ2) is 12.5. The molecule has 9 heteroatoms. The molecule has 0 spiro atoms. The zero-order valence-electron chi connectivity index (χ0n) is 21.5. The quantitative estimate of drug-likeness (QED) is 0.445. The second-order valence-corrected chi connectivity index (χ2v) is 11.9. The number of thiophene rings is 2. The number of hydrogen-bond acceptors (Lipinski definition) is 9. The van der Waals surface area contributed by atoms with Crippen molar-refractivity contribution < 1.29 is 14.9 Å². The molecule has 0 atom stereocenters. The summed E-state index contributed by atoms with van der Waals surface area (Å²) in [5, 5.41) is 40.8. The highest BCUT2D eigenvalue weighted by Crippen LogP contribution is 2.32. The average molecular weight is 559 g/mol. The molecule has 5 rings (SSSR count). The lowest BCUT2D eigenvalue weighted by atomic mass is 10.1. The van der Waals surface area contributed by atoms with Crippen molar-refractivity contribution in [1.29, 1.82) is 10.5 Å². The summed E-state index contributed by atoms with van der Waals surface area (Å²) in [6.45, 7) is 3.41. The normalized spacial score (nSPS) is 19.1. The molecule has 3 aliphatic heterocycles. The van der Waals surface area contributed by atoms with Gasteiger partial charge in [-0.15, -0.1) is 22.7 Å². The minimum absolute atomic E-state index is 0.0338. The number of hydrogen-bond donors (Lipinski definition) is 2. The minimum Gasteiger partial charge on any atom is -0.457 e. The van der Waals surface area contributed by atoms with Gasteiger partial charge in [0.1, 0.15) is 29.2 Å². The van der Waals surface area contributed by atoms with Crippen LogP contribution < -0.4 is 9.80 Å². The van der Waals surface area contributed by atoms with Crippen LogP contribution in [0, 0.1) is 22.7 Å². The summed E-state index contributed by atoms with van der Waals surface area (Å²) >= 11 is 3.36. The largest absolute Gasteiger partial charge is 0.457 e. The first-order valence-corrected chi connectivity index (χ1v) is 14.7. The Labute approximate surface area is 236 Å². The van der Waals surface area contributed by atoms with E-state index in [1.165, 1.54) is 10.0 Å². The van der Waals surface area contributed by atoms with E-state index in [2.05, 4.69) is 34.1 Å². The molecule has 7 nitrogen and oxygen atoms in total. The molecule has 200 valence electrons. The lowest BCUT2D eigenvalue weighted by Gasteiger charge is -2.30. The molecule has 0 radical (unpaired) electrons. The number of nitrogens with zero attached hydrogens (tertiary/aromatic N) is 4. The average Bonchev–Trinajstić information content (AvgIpc) is 3.63. The third-order valence-corrected chi connectivity index (χ3v) is 9.17. The van der Waals surface area contributed by atoms with E-state index >= 15 is 0 Å². The maximum atomic E-state index is 9.77. The van der Waals surface area contributed by atoms with Crippen molar-refractivity contribution in [3.05, 3.63) is 81.0 Å². The molecule has 0 aromatic carbocycles. The number of nitriles is 2. The molecule has 0 saturated carbocycles. The molecule has 0 amide bonds. The van der Waals surface area contributed by atoms with Crippen LogP contribution in [0.5, 0.6) is 0 Å². The zero-order valence-corrected chi connectivity index (χ0v) is 23.1. The summed E-state index contributed by atoms with van der Waals surface area (Å²) in [5.41, 5.74) is 0.550. The molecular formula is C30H30N4O3S2. The van der Waals surface area contributed by atoms with E-state index in [1.807, 2.05) is 36.4 Å². The summed E-state index contributed by atoms with van der Waals surface area (Å²) in [7, 11) is 0. The lowest BCUT2D eigenvalue weighted by Crippen LogP contribution is -2.35. The Balaban J connectivity index is 1.29. The van der Waals surface area contributed by atoms with E-state index < -0.39 is 0 Å². The molecule has 5 heterocycles. The zero-order chi connectivity index (χ0) is 27.2. The van der Waals surface area contributed by atoms with E-state index in [-0.39, 0.29) is 17.8 Å². The summed E-state index contributed by atoms with van der Waals surface area (Å²) in [6.07, 6.45) is 13.8. The van der Waals surface area contributed by atoms with Crippen molar-refractivity contribution in [2.24, 2.45) is 0 Å². The Morgan fingerprint density at radius 3 is 1.59 bits per heavy atom. The van der Waals surface area contributed by atoms with Crippen molar-refractivity contribution in [3.63, 3.8) is 0 Å². The van der Waals surface area contributed by atoms with E-state index in [0.717, 1.165) is 61.6 Å². The van der Waals surface area contributed by atoms with Crippen LogP contribution >= 0.6 is 22.7 Å². The Morgan fingerprint density at radius 2 is 1.18 bits per heavy atom. The van der Waals surface area contributed by atoms with Crippen LogP contribution in [0.3, 0.4) is 0 Å². The predicted octanol–water partition coefficient (Wildman–Crippen LogP) is 5.60. The van der Waals surface area contributed by atoms with Crippen LogP contribution in [0.2, 0.25) is 0 Å². The standard InChI is InChI=1S/C30H30N4O3S2/c31-19-22(20-32)21-17-25(1-3-27-5-7-29(38-27)33-13-9-23(35)10-14-33)37-26(18-21)2-4-28-6-8-30(39-28)34-15-11-24(36)12-16-34/h1-8,17-18,23-24,35-36H,9-16H2. The molecule has 3 aliphatic rings. The van der Waals surface area contributed by atoms with Crippen LogP contribution in [0.25, 0.3) is 12.2 Å². The maximum absolute atomic E-state index is 9.77. The smallest absolute Gasteiger partial charge is 0.137 e. The van der Waals surface area contributed by atoms with Crippen molar-refractivity contribution in [2.45, 2.75) is 37.9 Å². The van der Waals surface area contributed by atoms with Gasteiger partial charge in [0.2, 0.25) is 0 Å². The van der Waals surface area contributed by atoms with E-state index in [9.17, 15) is 20.7 Å². The summed E-state index contributed by atoms with van der Waals surface area (Å²) in [6, 6.07) is 12.3. The number of rotatable bonds is 6. The Hall–Kier alpha value is -3.60. The van der Waals surface area contributed by atoms with Crippen molar-refractivity contribution in [3.8, 4) is 12.1 Å². The Morgan fingerprint density at radius 1 is 0.744 bits per heavy atom. The first-order chi connectivity index (χ1) is 19.0. The minimum atomic E-state index is -0.201. The van der Waals surface area contributed by atoms with Crippen molar-refractivity contribution >= 4 is 44.8 Å². The highest BCUT2D eigenvalue weighted by atomic mass is 32.1. The topological polar surface area (TPSA) is 104 Å². The first-order valence-electron chi connectivity index (χ1n) is 13.1. The fourth-order valence-electron chi connectivity index (χ4n) is 4.71. The SMILES string of the molecule is N#CC(C#N)=C1C=C(C=Cc2ccc(N3CCC(O)CC3)s2)OC(C=Cc2ccc(N3CCC(O)CC3)s2)=C1. The maximum Gasteiger partial charge on any atom is 0.137 e.